The Morgan fingerprint density at radius 3 is 3.10 bits per heavy atom. The van der Waals surface area contributed by atoms with Crippen molar-refractivity contribution in [2.24, 2.45) is 7.05 Å². The number of aromatic amines is 1. The van der Waals surface area contributed by atoms with E-state index in [1.807, 2.05) is 41.5 Å². The van der Waals surface area contributed by atoms with Crippen LogP contribution in [0.1, 0.15) is 0 Å². The van der Waals surface area contributed by atoms with E-state index in [0.29, 0.717) is 0 Å². The van der Waals surface area contributed by atoms with Gasteiger partial charge in [-0.3, -0.25) is 4.79 Å². The number of hydrogen-bond donors (Lipinski definition) is 1. The molecule has 0 fully saturated rings. The van der Waals surface area contributed by atoms with E-state index in [9.17, 15) is 4.79 Å². The molecule has 4 aromatic rings. The smallest absolute Gasteiger partial charge is 0.256 e. The molecule has 1 N–H and O–H groups in total. The largest absolute Gasteiger partial charge is 0.334 e. The third kappa shape index (κ3) is 1.53. The number of hydrogen-bond acceptors (Lipinski definition) is 3. The Morgan fingerprint density at radius 1 is 1.30 bits per heavy atom. The SMILES string of the molecule is Cn1cnc2ccc(-c3c[nH]c(=O)c4ccsc34)cc21. The summed E-state index contributed by atoms with van der Waals surface area (Å²) in [7, 11) is 1.98. The van der Waals surface area contributed by atoms with Crippen LogP contribution in [-0.4, -0.2) is 14.5 Å². The van der Waals surface area contributed by atoms with Gasteiger partial charge in [-0.25, -0.2) is 4.98 Å². The maximum Gasteiger partial charge on any atom is 0.256 e. The minimum atomic E-state index is -0.0355. The molecule has 98 valence electrons. The highest BCUT2D eigenvalue weighted by molar-refractivity contribution is 7.17. The number of fused-ring (bicyclic) bond motifs is 2. The Hall–Kier alpha value is -2.40. The van der Waals surface area contributed by atoms with Crippen molar-refractivity contribution in [1.29, 1.82) is 0 Å². The third-order valence-electron chi connectivity index (χ3n) is 3.54. The second-order valence-corrected chi connectivity index (χ2v) is 5.67. The van der Waals surface area contributed by atoms with Gasteiger partial charge in [0.1, 0.15) is 0 Å². The van der Waals surface area contributed by atoms with Crippen molar-refractivity contribution in [3.8, 4) is 11.1 Å². The molecule has 0 radical (unpaired) electrons. The maximum absolute atomic E-state index is 11.8. The maximum atomic E-state index is 11.8. The average Bonchev–Trinajstić information content (AvgIpc) is 3.07. The summed E-state index contributed by atoms with van der Waals surface area (Å²) in [6.07, 6.45) is 3.60. The minimum Gasteiger partial charge on any atom is -0.334 e. The number of imidazole rings is 1. The summed E-state index contributed by atoms with van der Waals surface area (Å²) >= 11 is 1.59. The lowest BCUT2D eigenvalue weighted by Crippen LogP contribution is -2.03. The molecule has 0 aliphatic carbocycles. The number of nitrogens with zero attached hydrogens (tertiary/aromatic N) is 2. The highest BCUT2D eigenvalue weighted by Gasteiger charge is 2.09. The van der Waals surface area contributed by atoms with E-state index < -0.39 is 0 Å². The molecule has 1 aromatic carbocycles. The second-order valence-electron chi connectivity index (χ2n) is 4.75. The van der Waals surface area contributed by atoms with Crippen molar-refractivity contribution in [3.63, 3.8) is 0 Å². The molecular formula is C15H11N3OS. The molecule has 5 heteroatoms. The summed E-state index contributed by atoms with van der Waals surface area (Å²) < 4.78 is 3.02. The molecule has 0 aliphatic heterocycles. The standard InChI is InChI=1S/C15H11N3OS/c1-18-8-17-12-3-2-9(6-13(12)18)11-7-16-15(19)10-4-5-20-14(10)11/h2-8H,1H3,(H,16,19). The van der Waals surface area contributed by atoms with Gasteiger partial charge in [0.25, 0.3) is 5.56 Å². The van der Waals surface area contributed by atoms with Crippen molar-refractivity contribution >= 4 is 32.5 Å². The molecule has 0 unspecified atom stereocenters. The zero-order valence-corrected chi connectivity index (χ0v) is 11.6. The Balaban J connectivity index is 2.05. The molecule has 0 amide bonds. The molecule has 0 spiro atoms. The lowest BCUT2D eigenvalue weighted by atomic mass is 10.1. The van der Waals surface area contributed by atoms with Crippen molar-refractivity contribution in [2.75, 3.05) is 0 Å². The zero-order valence-electron chi connectivity index (χ0n) is 10.8. The molecule has 3 aromatic heterocycles. The molecule has 0 aliphatic rings. The third-order valence-corrected chi connectivity index (χ3v) is 4.49. The van der Waals surface area contributed by atoms with E-state index in [4.69, 9.17) is 0 Å². The highest BCUT2D eigenvalue weighted by atomic mass is 32.1. The van der Waals surface area contributed by atoms with Gasteiger partial charge in [-0.05, 0) is 29.1 Å². The van der Waals surface area contributed by atoms with Gasteiger partial charge in [0, 0.05) is 23.5 Å². The minimum absolute atomic E-state index is 0.0355. The van der Waals surface area contributed by atoms with Gasteiger partial charge in [0.05, 0.1) is 22.7 Å². The lowest BCUT2D eigenvalue weighted by molar-refractivity contribution is 0.948. The van der Waals surface area contributed by atoms with Crippen molar-refractivity contribution in [3.05, 3.63) is 52.5 Å². The topological polar surface area (TPSA) is 50.7 Å². The van der Waals surface area contributed by atoms with Crippen LogP contribution < -0.4 is 5.56 Å². The Kier molecular flexibility index (Phi) is 2.31. The fraction of sp³-hybridized carbons (Fsp3) is 0.0667. The van der Waals surface area contributed by atoms with E-state index in [-0.39, 0.29) is 5.56 Å². The molecule has 0 saturated carbocycles. The van der Waals surface area contributed by atoms with Crippen LogP contribution in [0, 0.1) is 0 Å². The highest BCUT2D eigenvalue weighted by Crippen LogP contribution is 2.31. The molecule has 4 nitrogen and oxygen atoms in total. The molecule has 0 bridgehead atoms. The number of nitrogens with one attached hydrogen (secondary N) is 1. The van der Waals surface area contributed by atoms with Crippen LogP contribution in [0.25, 0.3) is 32.2 Å². The van der Waals surface area contributed by atoms with Crippen LogP contribution >= 0.6 is 11.3 Å². The van der Waals surface area contributed by atoms with Crippen LogP contribution in [0.15, 0.2) is 47.0 Å². The van der Waals surface area contributed by atoms with Crippen molar-refractivity contribution < 1.29 is 0 Å². The van der Waals surface area contributed by atoms with Gasteiger partial charge in [0.15, 0.2) is 0 Å². The summed E-state index contributed by atoms with van der Waals surface area (Å²) in [6, 6.07) is 8.03. The summed E-state index contributed by atoms with van der Waals surface area (Å²) in [5.74, 6) is 0. The fourth-order valence-corrected chi connectivity index (χ4v) is 3.42. The van der Waals surface area contributed by atoms with Crippen LogP contribution in [-0.2, 0) is 7.05 Å². The second kappa shape index (κ2) is 4.05. The van der Waals surface area contributed by atoms with Crippen LogP contribution in [0.2, 0.25) is 0 Å². The van der Waals surface area contributed by atoms with Crippen LogP contribution in [0.4, 0.5) is 0 Å². The Bertz CT molecular complexity index is 993. The van der Waals surface area contributed by atoms with E-state index in [0.717, 1.165) is 32.2 Å². The number of H-pyrrole nitrogens is 1. The van der Waals surface area contributed by atoms with Crippen LogP contribution in [0.3, 0.4) is 0 Å². The van der Waals surface area contributed by atoms with Gasteiger partial charge >= 0.3 is 0 Å². The Labute approximate surface area is 118 Å². The molecular weight excluding hydrogens is 270 g/mol. The zero-order chi connectivity index (χ0) is 13.7. The number of rotatable bonds is 1. The van der Waals surface area contributed by atoms with Gasteiger partial charge in [0.2, 0.25) is 0 Å². The van der Waals surface area contributed by atoms with E-state index in [2.05, 4.69) is 16.0 Å². The predicted octanol–water partition coefficient (Wildman–Crippen LogP) is 3.14. The molecule has 3 heterocycles. The molecule has 0 saturated heterocycles. The van der Waals surface area contributed by atoms with E-state index in [1.165, 1.54) is 0 Å². The van der Waals surface area contributed by atoms with E-state index in [1.54, 1.807) is 17.5 Å². The number of pyridine rings is 1. The number of benzene rings is 1. The first-order chi connectivity index (χ1) is 9.74. The summed E-state index contributed by atoms with van der Waals surface area (Å²) in [5.41, 5.74) is 4.16. The van der Waals surface area contributed by atoms with Gasteiger partial charge < -0.3 is 9.55 Å². The van der Waals surface area contributed by atoms with Crippen LogP contribution in [0.5, 0.6) is 0 Å². The van der Waals surface area contributed by atoms with Gasteiger partial charge in [-0.1, -0.05) is 6.07 Å². The fourth-order valence-electron chi connectivity index (χ4n) is 2.49. The lowest BCUT2D eigenvalue weighted by Gasteiger charge is -2.04. The first-order valence-corrected chi connectivity index (χ1v) is 7.12. The average molecular weight is 281 g/mol. The number of thiophene rings is 1. The Morgan fingerprint density at radius 2 is 2.20 bits per heavy atom. The summed E-state index contributed by atoms with van der Waals surface area (Å²) in [4.78, 5) is 18.9. The van der Waals surface area contributed by atoms with E-state index >= 15 is 0 Å². The summed E-state index contributed by atoms with van der Waals surface area (Å²) in [5, 5.41) is 2.70. The molecule has 0 atom stereocenters. The number of aryl methyl sites for hydroxylation is 1. The normalized spacial score (nSPS) is 11.4. The first-order valence-electron chi connectivity index (χ1n) is 6.24. The molecule has 4 rings (SSSR count). The van der Waals surface area contributed by atoms with Crippen molar-refractivity contribution in [1.82, 2.24) is 14.5 Å². The molecule has 20 heavy (non-hydrogen) atoms. The van der Waals surface area contributed by atoms with Gasteiger partial charge in [-0.15, -0.1) is 11.3 Å². The summed E-state index contributed by atoms with van der Waals surface area (Å²) in [6.45, 7) is 0. The van der Waals surface area contributed by atoms with Crippen molar-refractivity contribution in [2.45, 2.75) is 0 Å². The van der Waals surface area contributed by atoms with Gasteiger partial charge in [-0.2, -0.15) is 0 Å². The number of aromatic nitrogens is 3. The quantitative estimate of drug-likeness (QED) is 0.582. The monoisotopic (exact) mass is 281 g/mol. The first kappa shape index (κ1) is 11.4. The predicted molar refractivity (Wildman–Crippen MR) is 82.2 cm³/mol.